The molecule has 2 heterocycles. The van der Waals surface area contributed by atoms with E-state index in [0.29, 0.717) is 10.8 Å². The van der Waals surface area contributed by atoms with Crippen LogP contribution in [-0.4, -0.2) is 24.3 Å². The molecule has 0 aliphatic carbocycles. The summed E-state index contributed by atoms with van der Waals surface area (Å²) in [6.07, 6.45) is 3.30. The van der Waals surface area contributed by atoms with Crippen LogP contribution < -0.4 is 10.0 Å². The second-order valence-corrected chi connectivity index (χ2v) is 9.44. The van der Waals surface area contributed by atoms with Crippen molar-refractivity contribution >= 4 is 49.7 Å². The Kier molecular flexibility index (Phi) is 6.17. The molecular formula is C21H14ClFN4O3S2. The van der Waals surface area contributed by atoms with Crippen molar-refractivity contribution in [1.29, 1.82) is 0 Å². The highest BCUT2D eigenvalue weighted by molar-refractivity contribution is 7.92. The summed E-state index contributed by atoms with van der Waals surface area (Å²) in [6.45, 7) is 0. The van der Waals surface area contributed by atoms with Crippen LogP contribution in [0.4, 0.5) is 15.2 Å². The number of carbonyl (C=O) groups is 1. The monoisotopic (exact) mass is 488 g/mol. The van der Waals surface area contributed by atoms with Crippen molar-refractivity contribution in [3.8, 4) is 11.3 Å². The van der Waals surface area contributed by atoms with E-state index in [-0.39, 0.29) is 21.2 Å². The van der Waals surface area contributed by atoms with Crippen molar-refractivity contribution in [1.82, 2.24) is 9.97 Å². The minimum absolute atomic E-state index is 0.0354. The summed E-state index contributed by atoms with van der Waals surface area (Å²) in [4.78, 5) is 21.0. The van der Waals surface area contributed by atoms with Gasteiger partial charge in [0.15, 0.2) is 5.13 Å². The number of benzene rings is 2. The molecule has 0 saturated carbocycles. The van der Waals surface area contributed by atoms with Crippen LogP contribution >= 0.6 is 22.9 Å². The lowest BCUT2D eigenvalue weighted by atomic mass is 10.2. The average molecular weight is 489 g/mol. The molecule has 7 nitrogen and oxygen atoms in total. The first kappa shape index (κ1) is 21.9. The Morgan fingerprint density at radius 2 is 1.88 bits per heavy atom. The van der Waals surface area contributed by atoms with E-state index in [2.05, 4.69) is 20.0 Å². The molecule has 2 N–H and O–H groups in total. The number of hydrogen-bond acceptors (Lipinski definition) is 6. The van der Waals surface area contributed by atoms with Crippen LogP contribution in [0.15, 0.2) is 77.3 Å². The summed E-state index contributed by atoms with van der Waals surface area (Å²) in [7, 11) is -4.03. The molecule has 11 heteroatoms. The Morgan fingerprint density at radius 3 is 2.59 bits per heavy atom. The molecule has 2 aromatic heterocycles. The van der Waals surface area contributed by atoms with Crippen molar-refractivity contribution in [2.75, 3.05) is 10.0 Å². The van der Waals surface area contributed by atoms with Crippen molar-refractivity contribution < 1.29 is 17.6 Å². The molecule has 4 aromatic rings. The Labute approximate surface area is 192 Å². The molecule has 0 unspecified atom stereocenters. The third kappa shape index (κ3) is 4.93. The van der Waals surface area contributed by atoms with Gasteiger partial charge in [-0.25, -0.2) is 17.8 Å². The predicted molar refractivity (Wildman–Crippen MR) is 122 cm³/mol. The number of hydrogen-bond donors (Lipinski definition) is 2. The lowest BCUT2D eigenvalue weighted by molar-refractivity contribution is 0.102. The van der Waals surface area contributed by atoms with E-state index in [9.17, 15) is 17.6 Å². The van der Waals surface area contributed by atoms with Gasteiger partial charge in [-0.05, 0) is 54.6 Å². The second-order valence-electron chi connectivity index (χ2n) is 6.49. The molecule has 0 bridgehead atoms. The molecule has 2 aromatic carbocycles. The third-order valence-electron chi connectivity index (χ3n) is 4.27. The van der Waals surface area contributed by atoms with Crippen LogP contribution in [0, 0.1) is 5.82 Å². The van der Waals surface area contributed by atoms with Gasteiger partial charge >= 0.3 is 0 Å². The Bertz CT molecular complexity index is 1380. The van der Waals surface area contributed by atoms with Crippen molar-refractivity contribution in [3.63, 3.8) is 0 Å². The molecule has 0 aliphatic rings. The molecular weight excluding hydrogens is 475 g/mol. The van der Waals surface area contributed by atoms with Gasteiger partial charge in [-0.1, -0.05) is 11.6 Å². The first-order valence-electron chi connectivity index (χ1n) is 9.07. The Hall–Kier alpha value is -3.34. The highest BCUT2D eigenvalue weighted by atomic mass is 35.5. The van der Waals surface area contributed by atoms with E-state index in [1.165, 1.54) is 41.7 Å². The van der Waals surface area contributed by atoms with Crippen molar-refractivity contribution in [3.05, 3.63) is 88.8 Å². The Balaban J connectivity index is 1.55. The quantitative estimate of drug-likeness (QED) is 0.395. The topological polar surface area (TPSA) is 101 Å². The molecule has 0 aliphatic heterocycles. The number of sulfonamides is 1. The maximum Gasteiger partial charge on any atom is 0.261 e. The number of thiazole rings is 1. The number of carbonyl (C=O) groups excluding carboxylic acids is 1. The minimum Gasteiger partial charge on any atom is -0.298 e. The van der Waals surface area contributed by atoms with Gasteiger partial charge in [-0.3, -0.25) is 19.8 Å². The van der Waals surface area contributed by atoms with Crippen LogP contribution in [0.3, 0.4) is 0 Å². The number of aromatic nitrogens is 2. The van der Waals surface area contributed by atoms with Crippen LogP contribution in [0.2, 0.25) is 5.02 Å². The zero-order chi connectivity index (χ0) is 22.7. The van der Waals surface area contributed by atoms with E-state index >= 15 is 0 Å². The number of halogens is 2. The summed E-state index contributed by atoms with van der Waals surface area (Å²) in [6, 6.07) is 12.2. The molecule has 0 radical (unpaired) electrons. The van der Waals surface area contributed by atoms with Gasteiger partial charge in [0.1, 0.15) is 5.82 Å². The van der Waals surface area contributed by atoms with Gasteiger partial charge in [0.05, 0.1) is 21.2 Å². The fourth-order valence-electron chi connectivity index (χ4n) is 2.72. The van der Waals surface area contributed by atoms with E-state index in [1.54, 1.807) is 23.8 Å². The van der Waals surface area contributed by atoms with E-state index < -0.39 is 21.7 Å². The van der Waals surface area contributed by atoms with Crippen molar-refractivity contribution in [2.24, 2.45) is 0 Å². The number of rotatable bonds is 6. The van der Waals surface area contributed by atoms with Crippen LogP contribution in [0.5, 0.6) is 0 Å². The summed E-state index contributed by atoms with van der Waals surface area (Å²) in [5.41, 5.74) is 1.58. The lowest BCUT2D eigenvalue weighted by Gasteiger charge is -2.10. The number of anilines is 2. The molecule has 162 valence electrons. The maximum atomic E-state index is 13.1. The predicted octanol–water partition coefficient (Wildman–Crippen LogP) is 5.05. The van der Waals surface area contributed by atoms with Gasteiger partial charge < -0.3 is 0 Å². The zero-order valence-electron chi connectivity index (χ0n) is 16.1. The van der Waals surface area contributed by atoms with E-state index in [1.807, 2.05) is 6.07 Å². The average Bonchev–Trinajstić information content (AvgIpc) is 3.24. The summed E-state index contributed by atoms with van der Waals surface area (Å²) in [5.74, 6) is -1.10. The minimum atomic E-state index is -4.03. The highest BCUT2D eigenvalue weighted by Crippen LogP contribution is 2.27. The number of pyridine rings is 1. The van der Waals surface area contributed by atoms with Gasteiger partial charge in [0.25, 0.3) is 15.9 Å². The first-order valence-corrected chi connectivity index (χ1v) is 11.8. The van der Waals surface area contributed by atoms with Gasteiger partial charge in [0.2, 0.25) is 0 Å². The summed E-state index contributed by atoms with van der Waals surface area (Å²) < 4.78 is 40.8. The van der Waals surface area contributed by atoms with Crippen molar-refractivity contribution in [2.45, 2.75) is 4.90 Å². The largest absolute Gasteiger partial charge is 0.298 e. The van der Waals surface area contributed by atoms with Crippen LogP contribution in [-0.2, 0) is 10.0 Å². The number of nitrogens with zero attached hydrogens (tertiary/aromatic N) is 2. The molecule has 0 spiro atoms. The molecule has 1 amide bonds. The number of amides is 1. The SMILES string of the molecule is O=C(Nc1nc(-c2cccnc2)cs1)c1cc(S(=O)(=O)Nc2ccc(F)cc2)ccc1Cl. The summed E-state index contributed by atoms with van der Waals surface area (Å²) in [5, 5.41) is 4.79. The standard InChI is InChI=1S/C21H14ClFN4O3S2/c22-18-8-7-16(32(29,30)27-15-5-3-14(23)4-6-15)10-17(18)20(28)26-21-25-19(12-31-21)13-2-1-9-24-11-13/h1-12,27H,(H,25,26,28). The van der Waals surface area contributed by atoms with Gasteiger partial charge in [-0.2, -0.15) is 0 Å². The molecule has 0 saturated heterocycles. The maximum absolute atomic E-state index is 13.1. The molecule has 0 atom stereocenters. The van der Waals surface area contributed by atoms with Gasteiger partial charge in [-0.15, -0.1) is 11.3 Å². The number of nitrogens with one attached hydrogen (secondary N) is 2. The highest BCUT2D eigenvalue weighted by Gasteiger charge is 2.20. The van der Waals surface area contributed by atoms with Gasteiger partial charge in [0, 0.05) is 29.0 Å². The normalized spacial score (nSPS) is 11.2. The van der Waals surface area contributed by atoms with E-state index in [4.69, 9.17) is 11.6 Å². The fraction of sp³-hybridized carbons (Fsp3) is 0. The third-order valence-corrected chi connectivity index (χ3v) is 6.74. The lowest BCUT2D eigenvalue weighted by Crippen LogP contribution is -2.16. The molecule has 4 rings (SSSR count). The summed E-state index contributed by atoms with van der Waals surface area (Å²) >= 11 is 7.35. The fourth-order valence-corrected chi connectivity index (χ4v) is 4.72. The Morgan fingerprint density at radius 1 is 1.09 bits per heavy atom. The molecule has 32 heavy (non-hydrogen) atoms. The van der Waals surface area contributed by atoms with Crippen LogP contribution in [0.25, 0.3) is 11.3 Å². The zero-order valence-corrected chi connectivity index (χ0v) is 18.5. The smallest absolute Gasteiger partial charge is 0.261 e. The first-order chi connectivity index (χ1) is 15.3. The second kappa shape index (κ2) is 9.03. The van der Waals surface area contributed by atoms with Crippen LogP contribution in [0.1, 0.15) is 10.4 Å². The molecule has 0 fully saturated rings. The van der Waals surface area contributed by atoms with E-state index in [0.717, 1.165) is 17.7 Å².